The molecule has 138 valence electrons. The Hall–Kier alpha value is -3.61. The molecule has 0 saturated carbocycles. The van der Waals surface area contributed by atoms with Gasteiger partial charge in [0.15, 0.2) is 5.43 Å². The third kappa shape index (κ3) is 4.14. The summed E-state index contributed by atoms with van der Waals surface area (Å²) in [6, 6.07) is 12.9. The Kier molecular flexibility index (Phi) is 5.21. The molecule has 27 heavy (non-hydrogen) atoms. The number of carbonyl (C=O) groups is 2. The molecule has 0 aliphatic heterocycles. The molecule has 0 fully saturated rings. The number of anilines is 1. The van der Waals surface area contributed by atoms with Crippen molar-refractivity contribution in [3.05, 3.63) is 70.1 Å². The fourth-order valence-electron chi connectivity index (χ4n) is 2.57. The molecule has 7 heteroatoms. The summed E-state index contributed by atoms with van der Waals surface area (Å²) in [6.07, 6.45) is 0.178. The van der Waals surface area contributed by atoms with Crippen LogP contribution in [0.2, 0.25) is 0 Å². The summed E-state index contributed by atoms with van der Waals surface area (Å²) in [4.78, 5) is 36.0. The quantitative estimate of drug-likeness (QED) is 0.697. The van der Waals surface area contributed by atoms with Crippen LogP contribution in [0.4, 0.5) is 5.69 Å². The minimum atomic E-state index is -0.731. The number of hydrogen-bond acceptors (Lipinski definition) is 6. The molecule has 3 aromatic rings. The van der Waals surface area contributed by atoms with E-state index < -0.39 is 11.4 Å². The Labute approximate surface area is 154 Å². The largest absolute Gasteiger partial charge is 0.497 e. The number of benzene rings is 2. The monoisotopic (exact) mass is 367 g/mol. The Morgan fingerprint density at radius 2 is 1.78 bits per heavy atom. The Bertz CT molecular complexity index is 1050. The van der Waals surface area contributed by atoms with Gasteiger partial charge in [0.05, 0.1) is 26.0 Å². The second-order valence-corrected chi connectivity index (χ2v) is 5.75. The first-order valence-electron chi connectivity index (χ1n) is 8.09. The highest BCUT2D eigenvalue weighted by Gasteiger charge is 2.13. The topological polar surface area (TPSA) is 94.8 Å². The van der Waals surface area contributed by atoms with E-state index in [2.05, 4.69) is 10.1 Å². The average Bonchev–Trinajstić information content (AvgIpc) is 2.68. The molecular formula is C20H17NO6. The van der Waals surface area contributed by atoms with Crippen molar-refractivity contribution < 1.29 is 23.5 Å². The van der Waals surface area contributed by atoms with Gasteiger partial charge in [-0.3, -0.25) is 9.59 Å². The second kappa shape index (κ2) is 7.74. The van der Waals surface area contributed by atoms with Gasteiger partial charge in [-0.15, -0.1) is 0 Å². The number of fused-ring (bicyclic) bond motifs is 1. The zero-order valence-electron chi connectivity index (χ0n) is 14.8. The summed E-state index contributed by atoms with van der Waals surface area (Å²) >= 11 is 0. The van der Waals surface area contributed by atoms with Crippen LogP contribution in [0.25, 0.3) is 11.0 Å². The van der Waals surface area contributed by atoms with Gasteiger partial charge in [-0.2, -0.15) is 0 Å². The van der Waals surface area contributed by atoms with Crippen LogP contribution in [0.3, 0.4) is 0 Å². The van der Waals surface area contributed by atoms with Crippen molar-refractivity contribution in [2.75, 3.05) is 19.5 Å². The highest BCUT2D eigenvalue weighted by atomic mass is 16.5. The molecule has 1 aromatic heterocycles. The number of esters is 1. The lowest BCUT2D eigenvalue weighted by Gasteiger charge is -2.07. The molecule has 0 bridgehead atoms. The zero-order chi connectivity index (χ0) is 19.4. The van der Waals surface area contributed by atoms with Crippen molar-refractivity contribution >= 4 is 28.5 Å². The predicted octanol–water partition coefficient (Wildman–Crippen LogP) is 2.77. The Balaban J connectivity index is 1.78. The maximum absolute atomic E-state index is 12.2. The van der Waals surface area contributed by atoms with Gasteiger partial charge >= 0.3 is 5.97 Å². The van der Waals surface area contributed by atoms with Crippen molar-refractivity contribution in [2.45, 2.75) is 6.42 Å². The van der Waals surface area contributed by atoms with Crippen LogP contribution in [0, 0.1) is 0 Å². The van der Waals surface area contributed by atoms with Gasteiger partial charge in [0.25, 0.3) is 0 Å². The van der Waals surface area contributed by atoms with Crippen molar-refractivity contribution in [1.82, 2.24) is 0 Å². The van der Waals surface area contributed by atoms with E-state index in [-0.39, 0.29) is 29.1 Å². The molecule has 0 unspecified atom stereocenters. The molecule has 0 aliphatic rings. The van der Waals surface area contributed by atoms with Gasteiger partial charge in [-0.05, 0) is 35.9 Å². The normalized spacial score (nSPS) is 10.4. The first kappa shape index (κ1) is 18.2. The molecule has 0 aliphatic carbocycles. The second-order valence-electron chi connectivity index (χ2n) is 5.75. The molecule has 1 amide bonds. The summed E-state index contributed by atoms with van der Waals surface area (Å²) in [6.45, 7) is 0. The van der Waals surface area contributed by atoms with Gasteiger partial charge in [0, 0.05) is 11.8 Å². The van der Waals surface area contributed by atoms with E-state index in [4.69, 9.17) is 9.15 Å². The number of rotatable bonds is 5. The van der Waals surface area contributed by atoms with Crippen LogP contribution in [0.5, 0.6) is 5.75 Å². The smallest absolute Gasteiger partial charge is 0.374 e. The molecule has 2 aromatic carbocycles. The number of carbonyl (C=O) groups excluding carboxylic acids is 2. The van der Waals surface area contributed by atoms with Crippen LogP contribution in [0.15, 0.2) is 57.7 Å². The van der Waals surface area contributed by atoms with E-state index in [0.717, 1.165) is 11.6 Å². The molecule has 0 saturated heterocycles. The maximum Gasteiger partial charge on any atom is 0.374 e. The minimum absolute atomic E-state index is 0.175. The van der Waals surface area contributed by atoms with Crippen molar-refractivity contribution in [3.8, 4) is 5.75 Å². The standard InChI is InChI=1S/C20H17NO6/c1-25-14-6-3-12(4-7-14)9-19(23)21-13-5-8-17-15(10-13)16(22)11-18(27-17)20(24)26-2/h3-8,10-11H,9H2,1-2H3,(H,21,23). The van der Waals surface area contributed by atoms with Crippen LogP contribution in [-0.4, -0.2) is 26.1 Å². The number of ether oxygens (including phenoxy) is 2. The van der Waals surface area contributed by atoms with Crippen molar-refractivity contribution in [2.24, 2.45) is 0 Å². The molecule has 1 heterocycles. The third-order valence-corrected chi connectivity index (χ3v) is 3.92. The molecule has 7 nitrogen and oxygen atoms in total. The lowest BCUT2D eigenvalue weighted by Crippen LogP contribution is -2.15. The van der Waals surface area contributed by atoms with Gasteiger partial charge in [-0.25, -0.2) is 4.79 Å². The fraction of sp³-hybridized carbons (Fsp3) is 0.150. The minimum Gasteiger partial charge on any atom is -0.497 e. The third-order valence-electron chi connectivity index (χ3n) is 3.92. The van der Waals surface area contributed by atoms with Crippen molar-refractivity contribution in [3.63, 3.8) is 0 Å². The van der Waals surface area contributed by atoms with E-state index in [0.29, 0.717) is 11.4 Å². The lowest BCUT2D eigenvalue weighted by molar-refractivity contribution is -0.115. The molecule has 0 atom stereocenters. The average molecular weight is 367 g/mol. The maximum atomic E-state index is 12.2. The predicted molar refractivity (Wildman–Crippen MR) is 99.2 cm³/mol. The highest BCUT2D eigenvalue weighted by Crippen LogP contribution is 2.19. The van der Waals surface area contributed by atoms with Gasteiger partial charge in [0.1, 0.15) is 11.3 Å². The van der Waals surface area contributed by atoms with E-state index in [1.54, 1.807) is 25.3 Å². The van der Waals surface area contributed by atoms with E-state index >= 15 is 0 Å². The van der Waals surface area contributed by atoms with Crippen LogP contribution < -0.4 is 15.5 Å². The molecular weight excluding hydrogens is 350 g/mol. The number of methoxy groups -OCH3 is 2. The van der Waals surface area contributed by atoms with Crippen LogP contribution in [-0.2, 0) is 16.0 Å². The van der Waals surface area contributed by atoms with E-state index in [9.17, 15) is 14.4 Å². The number of amides is 1. The van der Waals surface area contributed by atoms with Crippen LogP contribution >= 0.6 is 0 Å². The summed E-state index contributed by atoms with van der Waals surface area (Å²) in [5.74, 6) is -0.418. The summed E-state index contributed by atoms with van der Waals surface area (Å²) < 4.78 is 15.0. The Morgan fingerprint density at radius 3 is 2.44 bits per heavy atom. The first-order chi connectivity index (χ1) is 13.0. The fourth-order valence-corrected chi connectivity index (χ4v) is 2.57. The molecule has 0 spiro atoms. The number of hydrogen-bond donors (Lipinski definition) is 1. The number of nitrogens with one attached hydrogen (secondary N) is 1. The molecule has 1 N–H and O–H groups in total. The molecule has 3 rings (SSSR count). The van der Waals surface area contributed by atoms with Crippen molar-refractivity contribution in [1.29, 1.82) is 0 Å². The Morgan fingerprint density at radius 1 is 1.04 bits per heavy atom. The zero-order valence-corrected chi connectivity index (χ0v) is 14.8. The van der Waals surface area contributed by atoms with E-state index in [1.807, 2.05) is 12.1 Å². The van der Waals surface area contributed by atoms with Gasteiger partial charge in [0.2, 0.25) is 11.7 Å². The lowest BCUT2D eigenvalue weighted by atomic mass is 10.1. The summed E-state index contributed by atoms with van der Waals surface area (Å²) in [5, 5.41) is 3.00. The van der Waals surface area contributed by atoms with Gasteiger partial charge < -0.3 is 19.2 Å². The summed E-state index contributed by atoms with van der Waals surface area (Å²) in [7, 11) is 2.78. The van der Waals surface area contributed by atoms with Gasteiger partial charge in [-0.1, -0.05) is 12.1 Å². The SMILES string of the molecule is COC(=O)c1cc(=O)c2cc(NC(=O)Cc3ccc(OC)cc3)ccc2o1. The summed E-state index contributed by atoms with van der Waals surface area (Å²) in [5.41, 5.74) is 1.12. The highest BCUT2D eigenvalue weighted by molar-refractivity contribution is 5.95. The van der Waals surface area contributed by atoms with Crippen LogP contribution in [0.1, 0.15) is 16.1 Å². The first-order valence-corrected chi connectivity index (χ1v) is 8.09. The molecule has 0 radical (unpaired) electrons. The van der Waals surface area contributed by atoms with E-state index in [1.165, 1.54) is 19.2 Å².